The summed E-state index contributed by atoms with van der Waals surface area (Å²) in [4.78, 5) is 16.9. The molecule has 0 N–H and O–H groups in total. The maximum Gasteiger partial charge on any atom is 0.433 e. The minimum Gasteiger partial charge on any atom is -0.368 e. The monoisotopic (exact) mass is 407 g/mol. The summed E-state index contributed by atoms with van der Waals surface area (Å²) in [6, 6.07) is 2.55. The second-order valence-electron chi connectivity index (χ2n) is 7.86. The molecular formula is C20H24F3N5O. The number of nitrogens with zero attached hydrogens (tertiary/aromatic N) is 5. The lowest BCUT2D eigenvalue weighted by Crippen LogP contribution is -2.47. The van der Waals surface area contributed by atoms with Crippen molar-refractivity contribution in [1.29, 1.82) is 0 Å². The number of halogens is 3. The van der Waals surface area contributed by atoms with Crippen LogP contribution in [0.4, 0.5) is 19.1 Å². The number of hydrogen-bond acceptors (Lipinski definition) is 6. The Balaban J connectivity index is 1.45. The third-order valence-electron chi connectivity index (χ3n) is 5.62. The molecule has 0 aliphatic carbocycles. The number of alkyl halides is 3. The van der Waals surface area contributed by atoms with Crippen LogP contribution < -0.4 is 4.90 Å². The fourth-order valence-electron chi connectivity index (χ4n) is 4.01. The molecule has 0 unspecified atom stereocenters. The lowest BCUT2D eigenvalue weighted by atomic mass is 9.83. The summed E-state index contributed by atoms with van der Waals surface area (Å²) < 4.78 is 44.3. The Hall–Kier alpha value is -2.26. The first kappa shape index (κ1) is 20.0. The molecule has 6 nitrogen and oxygen atoms in total. The van der Waals surface area contributed by atoms with Crippen LogP contribution in [0.1, 0.15) is 35.4 Å². The predicted octanol–water partition coefficient (Wildman–Crippen LogP) is 3.02. The van der Waals surface area contributed by atoms with Gasteiger partial charge in [-0.3, -0.25) is 9.88 Å². The molecule has 0 amide bonds. The molecule has 0 radical (unpaired) electrons. The van der Waals surface area contributed by atoms with Gasteiger partial charge in [-0.2, -0.15) is 13.2 Å². The molecule has 2 aliphatic heterocycles. The van der Waals surface area contributed by atoms with Gasteiger partial charge in [0.1, 0.15) is 11.3 Å². The van der Waals surface area contributed by atoms with Crippen molar-refractivity contribution in [1.82, 2.24) is 19.9 Å². The Kier molecular flexibility index (Phi) is 5.20. The third kappa shape index (κ3) is 4.06. The molecule has 4 rings (SSSR count). The van der Waals surface area contributed by atoms with Gasteiger partial charge in [0.25, 0.3) is 0 Å². The van der Waals surface area contributed by atoms with Crippen molar-refractivity contribution in [3.05, 3.63) is 47.0 Å². The van der Waals surface area contributed by atoms with Gasteiger partial charge < -0.3 is 9.64 Å². The second kappa shape index (κ2) is 7.53. The highest BCUT2D eigenvalue weighted by molar-refractivity contribution is 5.35. The zero-order chi connectivity index (χ0) is 20.6. The first-order valence-corrected chi connectivity index (χ1v) is 9.69. The normalized spacial score (nSPS) is 19.2. The van der Waals surface area contributed by atoms with Gasteiger partial charge in [0.15, 0.2) is 0 Å². The average Bonchev–Trinajstić information content (AvgIpc) is 2.69. The predicted molar refractivity (Wildman–Crippen MR) is 101 cm³/mol. The number of aromatic nitrogens is 3. The molecular weight excluding hydrogens is 383 g/mol. The fraction of sp³-hybridized carbons (Fsp3) is 0.550. The van der Waals surface area contributed by atoms with Crippen molar-refractivity contribution < 1.29 is 17.9 Å². The summed E-state index contributed by atoms with van der Waals surface area (Å²) >= 11 is 0. The van der Waals surface area contributed by atoms with Gasteiger partial charge in [0.05, 0.1) is 12.3 Å². The van der Waals surface area contributed by atoms with Crippen LogP contribution in [0.15, 0.2) is 24.5 Å². The highest BCUT2D eigenvalue weighted by atomic mass is 19.4. The molecule has 29 heavy (non-hydrogen) atoms. The van der Waals surface area contributed by atoms with E-state index in [4.69, 9.17) is 9.72 Å². The van der Waals surface area contributed by atoms with Crippen molar-refractivity contribution in [2.24, 2.45) is 0 Å². The minimum absolute atomic E-state index is 0.407. The van der Waals surface area contributed by atoms with Gasteiger partial charge in [-0.1, -0.05) is 6.07 Å². The van der Waals surface area contributed by atoms with E-state index in [1.54, 1.807) is 0 Å². The first-order chi connectivity index (χ1) is 13.8. The molecule has 4 heterocycles. The fourth-order valence-corrected chi connectivity index (χ4v) is 4.01. The molecule has 0 aromatic carbocycles. The Bertz CT molecular complexity index is 861. The summed E-state index contributed by atoms with van der Waals surface area (Å²) in [5.74, 6) is 0.673. The molecule has 156 valence electrons. The van der Waals surface area contributed by atoms with Crippen LogP contribution >= 0.6 is 0 Å². The van der Waals surface area contributed by atoms with Crippen molar-refractivity contribution in [3.63, 3.8) is 0 Å². The Morgan fingerprint density at radius 3 is 2.52 bits per heavy atom. The third-order valence-corrected chi connectivity index (χ3v) is 5.62. The van der Waals surface area contributed by atoms with E-state index < -0.39 is 17.5 Å². The Morgan fingerprint density at radius 1 is 1.14 bits per heavy atom. The van der Waals surface area contributed by atoms with Gasteiger partial charge in [-0.25, -0.2) is 9.97 Å². The summed E-state index contributed by atoms with van der Waals surface area (Å²) in [6.07, 6.45) is 1.20. The van der Waals surface area contributed by atoms with Crippen molar-refractivity contribution in [2.45, 2.75) is 37.6 Å². The minimum atomic E-state index is -4.41. The number of hydrogen-bond donors (Lipinski definition) is 0. The number of ether oxygens (including phenoxy) is 1. The second-order valence-corrected chi connectivity index (χ2v) is 7.86. The van der Waals surface area contributed by atoms with Gasteiger partial charge in [-0.15, -0.1) is 0 Å². The van der Waals surface area contributed by atoms with E-state index in [0.717, 1.165) is 55.2 Å². The molecule has 0 saturated carbocycles. The van der Waals surface area contributed by atoms with Crippen LogP contribution in [0.5, 0.6) is 0 Å². The van der Waals surface area contributed by atoms with Gasteiger partial charge in [0, 0.05) is 46.1 Å². The largest absolute Gasteiger partial charge is 0.433 e. The van der Waals surface area contributed by atoms with Crippen molar-refractivity contribution in [2.75, 3.05) is 38.7 Å². The van der Waals surface area contributed by atoms with E-state index >= 15 is 0 Å². The maximum absolute atomic E-state index is 12.7. The van der Waals surface area contributed by atoms with E-state index in [9.17, 15) is 13.2 Å². The smallest absolute Gasteiger partial charge is 0.368 e. The topological polar surface area (TPSA) is 54.4 Å². The molecule has 9 heteroatoms. The first-order valence-electron chi connectivity index (χ1n) is 9.69. The molecule has 2 aromatic heterocycles. The molecule has 0 bridgehead atoms. The Morgan fingerprint density at radius 2 is 1.90 bits per heavy atom. The number of rotatable bonds is 3. The van der Waals surface area contributed by atoms with Crippen LogP contribution in [0, 0.1) is 0 Å². The molecule has 2 aliphatic rings. The van der Waals surface area contributed by atoms with E-state index in [-0.39, 0.29) is 0 Å². The molecule has 1 spiro atoms. The zero-order valence-corrected chi connectivity index (χ0v) is 16.5. The van der Waals surface area contributed by atoms with Crippen LogP contribution in [-0.4, -0.2) is 53.6 Å². The zero-order valence-electron chi connectivity index (χ0n) is 16.5. The SMILES string of the molecule is CN(C)c1ncc2c(n1)C1(CCN(Cc3ccc(C(F)(F)F)nc3)CC1)OCC2. The van der Waals surface area contributed by atoms with Gasteiger partial charge in [-0.05, 0) is 36.5 Å². The van der Waals surface area contributed by atoms with Gasteiger partial charge in [0.2, 0.25) is 5.95 Å². The molecule has 2 aromatic rings. The maximum atomic E-state index is 12.7. The van der Waals surface area contributed by atoms with E-state index in [1.165, 1.54) is 12.3 Å². The summed E-state index contributed by atoms with van der Waals surface area (Å²) in [6.45, 7) is 2.78. The highest BCUT2D eigenvalue weighted by Gasteiger charge is 2.42. The number of likely N-dealkylation sites (tertiary alicyclic amines) is 1. The molecule has 0 atom stereocenters. The number of fused-ring (bicyclic) bond motifs is 2. The van der Waals surface area contributed by atoms with Crippen LogP contribution in [0.3, 0.4) is 0 Å². The molecule has 1 saturated heterocycles. The van der Waals surface area contributed by atoms with E-state index in [0.29, 0.717) is 19.1 Å². The lowest BCUT2D eigenvalue weighted by molar-refractivity contribution is -0.141. The van der Waals surface area contributed by atoms with E-state index in [1.807, 2.05) is 25.2 Å². The van der Waals surface area contributed by atoms with Crippen LogP contribution in [0.2, 0.25) is 0 Å². The van der Waals surface area contributed by atoms with Crippen molar-refractivity contribution >= 4 is 5.95 Å². The number of pyridine rings is 1. The standard InChI is InChI=1S/C20H24F3N5O/c1-27(2)18-25-12-15-5-10-29-19(17(15)26-18)6-8-28(9-7-19)13-14-3-4-16(24-11-14)20(21,22)23/h3-4,11-12H,5-10,13H2,1-2H3. The number of piperidine rings is 1. The number of anilines is 1. The summed E-state index contributed by atoms with van der Waals surface area (Å²) in [5.41, 5.74) is 1.63. The molecule has 1 fully saturated rings. The Labute approximate surface area is 167 Å². The van der Waals surface area contributed by atoms with Crippen LogP contribution in [0.25, 0.3) is 0 Å². The summed E-state index contributed by atoms with van der Waals surface area (Å²) in [5, 5.41) is 0. The highest BCUT2D eigenvalue weighted by Crippen LogP contribution is 2.41. The lowest BCUT2D eigenvalue weighted by Gasteiger charge is -2.44. The van der Waals surface area contributed by atoms with Crippen LogP contribution in [-0.2, 0) is 29.5 Å². The van der Waals surface area contributed by atoms with Crippen molar-refractivity contribution in [3.8, 4) is 0 Å². The summed E-state index contributed by atoms with van der Waals surface area (Å²) in [7, 11) is 3.83. The quantitative estimate of drug-likeness (QED) is 0.780. The average molecular weight is 407 g/mol. The van der Waals surface area contributed by atoms with Gasteiger partial charge >= 0.3 is 6.18 Å². The van der Waals surface area contributed by atoms with E-state index in [2.05, 4.69) is 14.9 Å².